The molecule has 0 spiro atoms. The quantitative estimate of drug-likeness (QED) is 0.157. The van der Waals surface area contributed by atoms with Gasteiger partial charge in [0.2, 0.25) is 0 Å². The van der Waals surface area contributed by atoms with Crippen molar-refractivity contribution in [2.24, 2.45) is 0 Å². The van der Waals surface area contributed by atoms with E-state index in [-0.39, 0.29) is 11.1 Å². The summed E-state index contributed by atoms with van der Waals surface area (Å²) in [4.78, 5) is 7.03. The summed E-state index contributed by atoms with van der Waals surface area (Å²) in [6.07, 6.45) is 0. The summed E-state index contributed by atoms with van der Waals surface area (Å²) in [5, 5.41) is 0.925. The lowest BCUT2D eigenvalue weighted by molar-refractivity contribution is 0.589. The zero-order chi connectivity index (χ0) is 34.9. The number of halogens is 4. The summed E-state index contributed by atoms with van der Waals surface area (Å²) in [5.41, 5.74) is 6.16. The first-order valence-corrected chi connectivity index (χ1v) is 16.4. The molecule has 0 aliphatic carbocycles. The number of benzene rings is 7. The number of pyridine rings is 1. The summed E-state index contributed by atoms with van der Waals surface area (Å²) < 4.78 is 60.1. The molecular formula is C45H28F4N2. The molecular weight excluding hydrogens is 645 g/mol. The van der Waals surface area contributed by atoms with Crippen LogP contribution in [0.2, 0.25) is 0 Å². The number of aromatic nitrogens is 1. The first-order valence-electron chi connectivity index (χ1n) is 16.4. The summed E-state index contributed by atoms with van der Waals surface area (Å²) in [6, 6.07) is 49.4. The average molecular weight is 673 g/mol. The first kappa shape index (κ1) is 31.7. The zero-order valence-corrected chi connectivity index (χ0v) is 27.1. The predicted molar refractivity (Wildman–Crippen MR) is 198 cm³/mol. The molecule has 0 bridgehead atoms. The molecule has 0 saturated heterocycles. The summed E-state index contributed by atoms with van der Waals surface area (Å²) >= 11 is 0. The van der Waals surface area contributed by atoms with E-state index in [2.05, 4.69) is 18.2 Å². The van der Waals surface area contributed by atoms with Crippen molar-refractivity contribution in [1.29, 1.82) is 0 Å². The smallest absolute Gasteiger partial charge is 0.138 e. The van der Waals surface area contributed by atoms with Gasteiger partial charge < -0.3 is 0 Å². The Bertz CT molecular complexity index is 2400. The third kappa shape index (κ3) is 6.13. The van der Waals surface area contributed by atoms with Crippen LogP contribution in [0.1, 0.15) is 0 Å². The summed E-state index contributed by atoms with van der Waals surface area (Å²) in [7, 11) is 0. The highest BCUT2D eigenvalue weighted by molar-refractivity contribution is 5.99. The van der Waals surface area contributed by atoms with Gasteiger partial charge in [0.25, 0.3) is 0 Å². The molecule has 7 aromatic carbocycles. The number of hydrogen-bond acceptors (Lipinski definition) is 2. The summed E-state index contributed by atoms with van der Waals surface area (Å²) in [5.74, 6) is -2.28. The third-order valence-electron chi connectivity index (χ3n) is 8.92. The largest absolute Gasteiger partial charge is 0.295 e. The lowest BCUT2D eigenvalue weighted by Crippen LogP contribution is -2.12. The van der Waals surface area contributed by atoms with Crippen LogP contribution in [0.25, 0.3) is 55.4 Å². The van der Waals surface area contributed by atoms with Crippen molar-refractivity contribution in [3.8, 4) is 44.5 Å². The maximum Gasteiger partial charge on any atom is 0.138 e. The second-order valence-electron chi connectivity index (χ2n) is 12.1. The van der Waals surface area contributed by atoms with Crippen LogP contribution >= 0.6 is 0 Å². The molecule has 51 heavy (non-hydrogen) atoms. The third-order valence-corrected chi connectivity index (χ3v) is 8.92. The van der Waals surface area contributed by atoms with Crippen molar-refractivity contribution in [2.75, 3.05) is 4.90 Å². The normalized spacial score (nSPS) is 11.1. The molecule has 1 aromatic heterocycles. The van der Waals surface area contributed by atoms with Gasteiger partial charge in [0, 0.05) is 16.8 Å². The molecule has 0 atom stereocenters. The van der Waals surface area contributed by atoms with Gasteiger partial charge >= 0.3 is 0 Å². The maximum atomic E-state index is 15.0. The van der Waals surface area contributed by atoms with Crippen LogP contribution < -0.4 is 4.90 Å². The standard InChI is InChI=1S/C45H28F4N2/c46-38-19-9-20-39(47)44(38)31-15-7-17-34(25-31)51(35-18-8-16-32(26-35)45-40(48)21-10-22-41(45)49)43-24-23-36-37(30-13-5-2-6-14-30)27-33(28-42(36)50-43)29-11-3-1-4-12-29/h1-28H. The fourth-order valence-corrected chi connectivity index (χ4v) is 6.56. The molecule has 0 aliphatic heterocycles. The van der Waals surface area contributed by atoms with Gasteiger partial charge in [-0.2, -0.15) is 0 Å². The predicted octanol–water partition coefficient (Wildman–Crippen LogP) is 12.9. The van der Waals surface area contributed by atoms with Gasteiger partial charge in [-0.3, -0.25) is 4.90 Å². The average Bonchev–Trinajstić information content (AvgIpc) is 3.15. The van der Waals surface area contributed by atoms with Gasteiger partial charge in [-0.25, -0.2) is 22.5 Å². The Morgan fingerprint density at radius 2 is 0.843 bits per heavy atom. The van der Waals surface area contributed by atoms with Gasteiger partial charge in [-0.15, -0.1) is 0 Å². The Morgan fingerprint density at radius 1 is 0.373 bits per heavy atom. The highest BCUT2D eigenvalue weighted by Crippen LogP contribution is 2.41. The molecule has 0 fully saturated rings. The summed E-state index contributed by atoms with van der Waals surface area (Å²) in [6.45, 7) is 0. The van der Waals surface area contributed by atoms with Gasteiger partial charge in [0.1, 0.15) is 29.1 Å². The van der Waals surface area contributed by atoms with Crippen molar-refractivity contribution in [2.45, 2.75) is 0 Å². The molecule has 0 N–H and O–H groups in total. The van der Waals surface area contributed by atoms with Gasteiger partial charge in [-0.1, -0.05) is 97.1 Å². The molecule has 8 rings (SSSR count). The monoisotopic (exact) mass is 672 g/mol. The van der Waals surface area contributed by atoms with E-state index < -0.39 is 23.3 Å². The van der Waals surface area contributed by atoms with Crippen LogP contribution in [-0.4, -0.2) is 4.98 Å². The molecule has 0 aliphatic rings. The molecule has 2 nitrogen and oxygen atoms in total. The minimum atomic E-state index is -0.693. The van der Waals surface area contributed by atoms with Gasteiger partial charge in [0.05, 0.1) is 16.6 Å². The molecule has 6 heteroatoms. The van der Waals surface area contributed by atoms with Crippen LogP contribution in [0.3, 0.4) is 0 Å². The van der Waals surface area contributed by atoms with E-state index in [1.54, 1.807) is 48.5 Å². The minimum absolute atomic E-state index is 0.159. The van der Waals surface area contributed by atoms with E-state index in [1.807, 2.05) is 71.6 Å². The van der Waals surface area contributed by atoms with E-state index in [4.69, 9.17) is 4.98 Å². The molecule has 0 amide bonds. The van der Waals surface area contributed by atoms with Gasteiger partial charge in [-0.05, 0) is 106 Å². The van der Waals surface area contributed by atoms with E-state index in [0.717, 1.165) is 27.6 Å². The number of anilines is 3. The topological polar surface area (TPSA) is 16.1 Å². The van der Waals surface area contributed by atoms with Crippen LogP contribution in [0.4, 0.5) is 34.8 Å². The van der Waals surface area contributed by atoms with Crippen molar-refractivity contribution >= 4 is 28.1 Å². The highest BCUT2D eigenvalue weighted by Gasteiger charge is 2.20. The number of nitrogens with zero attached hydrogens (tertiary/aromatic N) is 2. The number of fused-ring (bicyclic) bond motifs is 1. The maximum absolute atomic E-state index is 15.0. The van der Waals surface area contributed by atoms with Crippen LogP contribution in [-0.2, 0) is 0 Å². The molecule has 0 unspecified atom stereocenters. The van der Waals surface area contributed by atoms with Crippen molar-refractivity contribution < 1.29 is 17.6 Å². The minimum Gasteiger partial charge on any atom is -0.295 e. The Morgan fingerprint density at radius 3 is 1.37 bits per heavy atom. The molecule has 246 valence electrons. The van der Waals surface area contributed by atoms with Crippen LogP contribution in [0, 0.1) is 23.3 Å². The van der Waals surface area contributed by atoms with Crippen LogP contribution in [0.5, 0.6) is 0 Å². The SMILES string of the molecule is Fc1cccc(F)c1-c1cccc(N(c2cccc(-c3c(F)cccc3F)c2)c2ccc3c(-c4ccccc4)cc(-c4ccccc4)cc3n2)c1. The van der Waals surface area contributed by atoms with Crippen molar-refractivity contribution in [3.05, 3.63) is 193 Å². The molecule has 0 saturated carbocycles. The Balaban J connectivity index is 1.36. The van der Waals surface area contributed by atoms with E-state index in [1.165, 1.54) is 36.4 Å². The lowest BCUT2D eigenvalue weighted by atomic mass is 9.95. The van der Waals surface area contributed by atoms with E-state index in [9.17, 15) is 0 Å². The Hall–Kier alpha value is -6.53. The Kier molecular flexibility index (Phi) is 8.34. The Labute approximate surface area is 292 Å². The van der Waals surface area contributed by atoms with E-state index in [0.29, 0.717) is 33.8 Å². The lowest BCUT2D eigenvalue weighted by Gasteiger charge is -2.26. The molecule has 0 radical (unpaired) electrons. The molecule has 8 aromatic rings. The number of hydrogen-bond donors (Lipinski definition) is 0. The fraction of sp³-hybridized carbons (Fsp3) is 0. The van der Waals surface area contributed by atoms with Gasteiger partial charge in [0.15, 0.2) is 0 Å². The highest BCUT2D eigenvalue weighted by atomic mass is 19.1. The van der Waals surface area contributed by atoms with Crippen molar-refractivity contribution in [3.63, 3.8) is 0 Å². The first-order chi connectivity index (χ1) is 24.9. The van der Waals surface area contributed by atoms with E-state index >= 15 is 17.6 Å². The van der Waals surface area contributed by atoms with Crippen LogP contribution in [0.15, 0.2) is 170 Å². The second kappa shape index (κ2) is 13.4. The fourth-order valence-electron chi connectivity index (χ4n) is 6.56. The van der Waals surface area contributed by atoms with Crippen molar-refractivity contribution in [1.82, 2.24) is 4.98 Å². The second-order valence-corrected chi connectivity index (χ2v) is 12.1. The number of rotatable bonds is 7. The zero-order valence-electron chi connectivity index (χ0n) is 27.1. The molecule has 1 heterocycles.